The Kier molecular flexibility index (Phi) is 9.78. The number of hydrogen-bond donors (Lipinski definition) is 1. The lowest BCUT2D eigenvalue weighted by atomic mass is 10.1. The molecule has 0 aliphatic heterocycles. The van der Waals surface area contributed by atoms with E-state index in [0.29, 0.717) is 22.8 Å². The third kappa shape index (κ3) is 6.80. The molecule has 0 radical (unpaired) electrons. The lowest BCUT2D eigenvalue weighted by Crippen LogP contribution is -2.50. The van der Waals surface area contributed by atoms with Gasteiger partial charge in [0.15, 0.2) is 11.5 Å². The van der Waals surface area contributed by atoms with Crippen LogP contribution in [0.3, 0.4) is 0 Å². The molecule has 3 rings (SSSR count). The second kappa shape index (κ2) is 13.0. The zero-order valence-electron chi connectivity index (χ0n) is 22.6. The molecule has 39 heavy (non-hydrogen) atoms. The van der Waals surface area contributed by atoms with Gasteiger partial charge >= 0.3 is 0 Å². The van der Waals surface area contributed by atoms with E-state index in [4.69, 9.17) is 14.2 Å². The number of hydrogen-bond acceptors (Lipinski definition) is 7. The van der Waals surface area contributed by atoms with Crippen LogP contribution in [-0.2, 0) is 26.2 Å². The lowest BCUT2D eigenvalue weighted by Gasteiger charge is -2.32. The maximum Gasteiger partial charge on any atom is 0.264 e. The highest BCUT2D eigenvalue weighted by Gasteiger charge is 2.32. The molecule has 11 heteroatoms. The van der Waals surface area contributed by atoms with Crippen molar-refractivity contribution >= 4 is 27.5 Å². The van der Waals surface area contributed by atoms with Gasteiger partial charge in [-0.3, -0.25) is 13.9 Å². The maximum atomic E-state index is 13.9. The molecule has 0 spiro atoms. The van der Waals surface area contributed by atoms with E-state index in [1.807, 2.05) is 0 Å². The molecule has 0 bridgehead atoms. The van der Waals surface area contributed by atoms with Gasteiger partial charge in [0.1, 0.15) is 18.3 Å². The van der Waals surface area contributed by atoms with Crippen molar-refractivity contribution in [1.29, 1.82) is 0 Å². The van der Waals surface area contributed by atoms with Crippen LogP contribution in [0.15, 0.2) is 77.7 Å². The Morgan fingerprint density at radius 3 is 2.18 bits per heavy atom. The zero-order chi connectivity index (χ0) is 28.6. The number of carbonyl (C=O) groups is 2. The third-order valence-corrected chi connectivity index (χ3v) is 7.95. The molecule has 3 aromatic rings. The van der Waals surface area contributed by atoms with Gasteiger partial charge in [-0.1, -0.05) is 30.3 Å². The van der Waals surface area contributed by atoms with Crippen LogP contribution >= 0.6 is 0 Å². The largest absolute Gasteiger partial charge is 0.497 e. The minimum atomic E-state index is -4.19. The monoisotopic (exact) mass is 555 g/mol. The molecule has 0 aromatic heterocycles. The van der Waals surface area contributed by atoms with Crippen LogP contribution in [0.25, 0.3) is 0 Å². The Morgan fingerprint density at radius 1 is 0.872 bits per heavy atom. The SMILES string of the molecule is CNC(=O)[C@@H](C)N(Cc1cccc(OC)c1)C(=O)CN(c1ccc(OC)c(OC)c1)S(=O)(=O)c1ccccc1. The molecule has 3 aromatic carbocycles. The predicted molar refractivity (Wildman–Crippen MR) is 148 cm³/mol. The number of nitrogens with zero attached hydrogens (tertiary/aromatic N) is 2. The summed E-state index contributed by atoms with van der Waals surface area (Å²) in [5.41, 5.74) is 0.904. The minimum Gasteiger partial charge on any atom is -0.497 e. The van der Waals surface area contributed by atoms with Gasteiger partial charge in [0.05, 0.1) is 31.9 Å². The summed E-state index contributed by atoms with van der Waals surface area (Å²) in [4.78, 5) is 27.8. The van der Waals surface area contributed by atoms with E-state index in [2.05, 4.69) is 5.32 Å². The summed E-state index contributed by atoms with van der Waals surface area (Å²) >= 11 is 0. The molecular weight excluding hydrogens is 522 g/mol. The van der Waals surface area contributed by atoms with Gasteiger partial charge in [-0.05, 0) is 48.9 Å². The van der Waals surface area contributed by atoms with Crippen molar-refractivity contribution < 1.29 is 32.2 Å². The first-order valence-corrected chi connectivity index (χ1v) is 13.5. The Hall–Kier alpha value is -4.25. The predicted octanol–water partition coefficient (Wildman–Crippen LogP) is 3.07. The number of anilines is 1. The van der Waals surface area contributed by atoms with E-state index >= 15 is 0 Å². The van der Waals surface area contributed by atoms with Crippen LogP contribution < -0.4 is 23.8 Å². The van der Waals surface area contributed by atoms with Crippen LogP contribution in [0.4, 0.5) is 5.69 Å². The fourth-order valence-electron chi connectivity index (χ4n) is 3.99. The Bertz CT molecular complexity index is 1400. The highest BCUT2D eigenvalue weighted by Crippen LogP contribution is 2.34. The van der Waals surface area contributed by atoms with E-state index in [1.54, 1.807) is 55.5 Å². The number of amides is 2. The van der Waals surface area contributed by atoms with Crippen molar-refractivity contribution in [3.05, 3.63) is 78.4 Å². The average Bonchev–Trinajstić information content (AvgIpc) is 2.97. The molecule has 0 aliphatic rings. The Labute approximate surface area is 229 Å². The normalized spacial score (nSPS) is 11.7. The second-order valence-electron chi connectivity index (χ2n) is 8.53. The van der Waals surface area contributed by atoms with Crippen LogP contribution in [0.2, 0.25) is 0 Å². The first-order valence-electron chi connectivity index (χ1n) is 12.1. The molecule has 0 saturated heterocycles. The van der Waals surface area contributed by atoms with Gasteiger partial charge in [0.25, 0.3) is 10.0 Å². The summed E-state index contributed by atoms with van der Waals surface area (Å²) in [6.07, 6.45) is 0. The van der Waals surface area contributed by atoms with E-state index in [9.17, 15) is 18.0 Å². The summed E-state index contributed by atoms with van der Waals surface area (Å²) in [5, 5.41) is 2.56. The van der Waals surface area contributed by atoms with Crippen LogP contribution in [0.1, 0.15) is 12.5 Å². The molecule has 2 amide bonds. The van der Waals surface area contributed by atoms with Gasteiger partial charge in [-0.15, -0.1) is 0 Å². The second-order valence-corrected chi connectivity index (χ2v) is 10.4. The van der Waals surface area contributed by atoms with Crippen molar-refractivity contribution in [2.24, 2.45) is 0 Å². The van der Waals surface area contributed by atoms with Crippen molar-refractivity contribution in [3.8, 4) is 17.2 Å². The van der Waals surface area contributed by atoms with Crippen molar-refractivity contribution in [2.45, 2.75) is 24.4 Å². The van der Waals surface area contributed by atoms with Crippen LogP contribution in [0, 0.1) is 0 Å². The third-order valence-electron chi connectivity index (χ3n) is 6.17. The molecule has 1 atom stereocenters. The van der Waals surface area contributed by atoms with Crippen LogP contribution in [-0.4, -0.2) is 66.1 Å². The highest BCUT2D eigenvalue weighted by molar-refractivity contribution is 7.92. The first kappa shape index (κ1) is 29.3. The minimum absolute atomic E-state index is 0.00582. The lowest BCUT2D eigenvalue weighted by molar-refractivity contribution is -0.139. The molecule has 1 N–H and O–H groups in total. The first-order chi connectivity index (χ1) is 18.7. The van der Waals surface area contributed by atoms with Crippen LogP contribution in [0.5, 0.6) is 17.2 Å². The van der Waals surface area contributed by atoms with E-state index in [1.165, 1.54) is 57.5 Å². The number of nitrogens with one attached hydrogen (secondary N) is 1. The quantitative estimate of drug-likeness (QED) is 0.365. The number of ether oxygens (including phenoxy) is 3. The fraction of sp³-hybridized carbons (Fsp3) is 0.286. The number of rotatable bonds is 12. The summed E-state index contributed by atoms with van der Waals surface area (Å²) in [7, 11) is 1.72. The zero-order valence-corrected chi connectivity index (χ0v) is 23.4. The van der Waals surface area contributed by atoms with Gasteiger partial charge < -0.3 is 24.4 Å². The van der Waals surface area contributed by atoms with Crippen molar-refractivity contribution in [3.63, 3.8) is 0 Å². The summed E-state index contributed by atoms with van der Waals surface area (Å²) in [6, 6.07) is 18.6. The molecule has 0 unspecified atom stereocenters. The number of sulfonamides is 1. The number of likely N-dealkylation sites (N-methyl/N-ethyl adjacent to an activating group) is 1. The number of methoxy groups -OCH3 is 3. The van der Waals surface area contributed by atoms with E-state index in [-0.39, 0.29) is 17.1 Å². The van der Waals surface area contributed by atoms with Gasteiger partial charge in [-0.25, -0.2) is 8.42 Å². The van der Waals surface area contributed by atoms with Crippen molar-refractivity contribution in [2.75, 3.05) is 39.2 Å². The summed E-state index contributed by atoms with van der Waals surface area (Å²) < 4.78 is 44.6. The molecule has 10 nitrogen and oxygen atoms in total. The molecule has 0 fully saturated rings. The van der Waals surface area contributed by atoms with Gasteiger partial charge in [-0.2, -0.15) is 0 Å². The topological polar surface area (TPSA) is 114 Å². The number of carbonyl (C=O) groups excluding carboxylic acids is 2. The highest BCUT2D eigenvalue weighted by atomic mass is 32.2. The molecule has 0 saturated carbocycles. The summed E-state index contributed by atoms with van der Waals surface area (Å²) in [6.45, 7) is 1.07. The van der Waals surface area contributed by atoms with Crippen molar-refractivity contribution in [1.82, 2.24) is 10.2 Å². The molecule has 208 valence electrons. The van der Waals surface area contributed by atoms with E-state index < -0.39 is 34.4 Å². The standard InChI is InChI=1S/C28H33N3O7S/c1-20(28(33)29-2)30(18-21-10-9-11-23(16-21)36-3)27(32)19-31(39(34,35)24-12-7-6-8-13-24)22-14-15-25(37-4)26(17-22)38-5/h6-17,20H,18-19H2,1-5H3,(H,29,33)/t20-/m1/s1. The molecule has 0 aliphatic carbocycles. The van der Waals surface area contributed by atoms with E-state index in [0.717, 1.165) is 4.31 Å². The van der Waals surface area contributed by atoms with Gasteiger partial charge in [0, 0.05) is 19.7 Å². The Balaban J connectivity index is 2.08. The smallest absolute Gasteiger partial charge is 0.264 e. The molecular formula is C28H33N3O7S. The molecule has 0 heterocycles. The number of benzene rings is 3. The Morgan fingerprint density at radius 2 is 1.56 bits per heavy atom. The average molecular weight is 556 g/mol. The maximum absolute atomic E-state index is 13.9. The fourth-order valence-corrected chi connectivity index (χ4v) is 5.41. The van der Waals surface area contributed by atoms with Gasteiger partial charge in [0.2, 0.25) is 11.8 Å². The summed E-state index contributed by atoms with van der Waals surface area (Å²) in [5.74, 6) is 0.310.